The second-order valence-electron chi connectivity index (χ2n) is 5.93. The highest BCUT2D eigenvalue weighted by Gasteiger charge is 2.45. The number of thioether (sulfide) groups is 1. The van der Waals surface area contributed by atoms with Crippen molar-refractivity contribution < 1.29 is 0 Å². The third-order valence-electron chi connectivity index (χ3n) is 4.50. The summed E-state index contributed by atoms with van der Waals surface area (Å²) in [5.74, 6) is 1.14. The van der Waals surface area contributed by atoms with Crippen LogP contribution in [0.15, 0.2) is 41.5 Å². The minimum absolute atomic E-state index is 0.0797. The average Bonchev–Trinajstić information content (AvgIpc) is 3.22. The molecule has 0 radical (unpaired) electrons. The maximum Gasteiger partial charge on any atom is 0.160 e. The molecular weight excluding hydrogens is 292 g/mol. The molecule has 1 saturated heterocycles. The number of aryl methyl sites for hydroxylation is 1. The number of pyridine rings is 1. The van der Waals surface area contributed by atoms with E-state index in [0.717, 1.165) is 17.9 Å². The molecule has 22 heavy (non-hydrogen) atoms. The fourth-order valence-electron chi connectivity index (χ4n) is 3.39. The van der Waals surface area contributed by atoms with Gasteiger partial charge in [0.1, 0.15) is 6.04 Å². The predicted octanol–water partition coefficient (Wildman–Crippen LogP) is 3.70. The summed E-state index contributed by atoms with van der Waals surface area (Å²) in [7, 11) is 0. The van der Waals surface area contributed by atoms with Crippen LogP contribution in [0.3, 0.4) is 0 Å². The van der Waals surface area contributed by atoms with Crippen LogP contribution in [0.5, 0.6) is 0 Å². The highest BCUT2D eigenvalue weighted by atomic mass is 32.2. The molecule has 0 bridgehead atoms. The molecule has 0 aliphatic carbocycles. The van der Waals surface area contributed by atoms with Crippen LogP contribution in [0, 0.1) is 6.92 Å². The highest BCUT2D eigenvalue weighted by molar-refractivity contribution is 8.14. The third-order valence-corrected chi connectivity index (χ3v) is 5.63. The van der Waals surface area contributed by atoms with Crippen LogP contribution in [0.1, 0.15) is 42.5 Å². The Hall–Kier alpha value is -1.75. The molecule has 4 rings (SSSR count). The molecule has 114 valence electrons. The molecule has 3 atom stereocenters. The van der Waals surface area contributed by atoms with Gasteiger partial charge in [-0.05, 0) is 37.6 Å². The highest BCUT2D eigenvalue weighted by Crippen LogP contribution is 2.48. The Morgan fingerprint density at radius 2 is 2.23 bits per heavy atom. The monoisotopic (exact) mass is 312 g/mol. The summed E-state index contributed by atoms with van der Waals surface area (Å²) >= 11 is 1.88. The molecule has 2 aromatic heterocycles. The summed E-state index contributed by atoms with van der Waals surface area (Å²) in [6.45, 7) is 4.37. The van der Waals surface area contributed by atoms with Crippen LogP contribution < -0.4 is 0 Å². The van der Waals surface area contributed by atoms with Crippen LogP contribution in [0.2, 0.25) is 0 Å². The van der Waals surface area contributed by atoms with Gasteiger partial charge in [0.05, 0.1) is 11.7 Å². The summed E-state index contributed by atoms with van der Waals surface area (Å²) in [6, 6.07) is 11.3. The lowest BCUT2D eigenvalue weighted by Crippen LogP contribution is -2.35. The number of nitrogens with zero attached hydrogens (tertiary/aromatic N) is 3. The number of H-pyrrole nitrogens is 1. The van der Waals surface area contributed by atoms with Gasteiger partial charge in [-0.3, -0.25) is 9.98 Å². The van der Waals surface area contributed by atoms with E-state index in [1.165, 1.54) is 16.6 Å². The van der Waals surface area contributed by atoms with Gasteiger partial charge < -0.3 is 9.88 Å². The zero-order valence-corrected chi connectivity index (χ0v) is 13.7. The Morgan fingerprint density at radius 3 is 2.91 bits per heavy atom. The van der Waals surface area contributed by atoms with Crippen molar-refractivity contribution in [2.24, 2.45) is 4.99 Å². The lowest BCUT2D eigenvalue weighted by molar-refractivity contribution is 0.251. The molecule has 0 saturated carbocycles. The second-order valence-corrected chi connectivity index (χ2v) is 6.92. The maximum atomic E-state index is 5.01. The molecule has 0 unspecified atom stereocenters. The van der Waals surface area contributed by atoms with Crippen LogP contribution in [0.25, 0.3) is 0 Å². The van der Waals surface area contributed by atoms with Crippen molar-refractivity contribution in [1.29, 1.82) is 0 Å². The normalized spacial score (nSPS) is 27.1. The minimum Gasteiger partial charge on any atom is -0.361 e. The first-order valence-corrected chi connectivity index (χ1v) is 8.82. The van der Waals surface area contributed by atoms with Crippen molar-refractivity contribution in [2.45, 2.75) is 38.4 Å². The topological polar surface area (TPSA) is 44.3 Å². The van der Waals surface area contributed by atoms with Crippen molar-refractivity contribution in [3.63, 3.8) is 0 Å². The van der Waals surface area contributed by atoms with Gasteiger partial charge in [0, 0.05) is 29.4 Å². The molecular formula is C17H20N4S. The van der Waals surface area contributed by atoms with Crippen molar-refractivity contribution >= 4 is 16.9 Å². The lowest BCUT2D eigenvalue weighted by atomic mass is 10.00. The van der Waals surface area contributed by atoms with Gasteiger partial charge in [0.25, 0.3) is 0 Å². The SMILES string of the molecule is CC[C@@H]1CSC2=N[C@H](c3ccccn3)[C@H](c3ccc(C)[nH]3)N21. The van der Waals surface area contributed by atoms with E-state index < -0.39 is 0 Å². The summed E-state index contributed by atoms with van der Waals surface area (Å²) in [5, 5.41) is 1.18. The molecule has 0 spiro atoms. The van der Waals surface area contributed by atoms with E-state index in [9.17, 15) is 0 Å². The quantitative estimate of drug-likeness (QED) is 0.940. The van der Waals surface area contributed by atoms with Crippen LogP contribution >= 0.6 is 11.8 Å². The Morgan fingerprint density at radius 1 is 1.32 bits per heavy atom. The third kappa shape index (κ3) is 2.15. The number of aliphatic imine (C=N–C) groups is 1. The number of rotatable bonds is 3. The fourth-order valence-corrected chi connectivity index (χ4v) is 4.72. The second kappa shape index (κ2) is 5.47. The van der Waals surface area contributed by atoms with E-state index in [2.05, 4.69) is 46.9 Å². The molecule has 1 fully saturated rings. The first kappa shape index (κ1) is 13.9. The summed E-state index contributed by atoms with van der Waals surface area (Å²) in [4.78, 5) is 15.6. The van der Waals surface area contributed by atoms with E-state index in [0.29, 0.717) is 6.04 Å². The molecule has 0 amide bonds. The Balaban J connectivity index is 1.78. The number of aromatic amines is 1. The Labute approximate surface area is 135 Å². The zero-order chi connectivity index (χ0) is 15.1. The van der Waals surface area contributed by atoms with E-state index in [1.54, 1.807) is 0 Å². The van der Waals surface area contributed by atoms with Gasteiger partial charge in [-0.1, -0.05) is 24.8 Å². The van der Waals surface area contributed by atoms with Crippen LogP contribution in [0.4, 0.5) is 0 Å². The summed E-state index contributed by atoms with van der Waals surface area (Å²) < 4.78 is 0. The van der Waals surface area contributed by atoms with Crippen LogP contribution in [-0.2, 0) is 0 Å². The average molecular weight is 312 g/mol. The smallest absolute Gasteiger partial charge is 0.160 e. The maximum absolute atomic E-state index is 5.01. The molecule has 4 nitrogen and oxygen atoms in total. The van der Waals surface area contributed by atoms with Gasteiger partial charge in [-0.15, -0.1) is 0 Å². The largest absolute Gasteiger partial charge is 0.361 e. The van der Waals surface area contributed by atoms with Crippen molar-refractivity contribution in [3.8, 4) is 0 Å². The van der Waals surface area contributed by atoms with Gasteiger partial charge >= 0.3 is 0 Å². The van der Waals surface area contributed by atoms with Gasteiger partial charge in [-0.25, -0.2) is 0 Å². The van der Waals surface area contributed by atoms with Crippen molar-refractivity contribution in [2.75, 3.05) is 5.75 Å². The fraction of sp³-hybridized carbons (Fsp3) is 0.412. The van der Waals surface area contributed by atoms with Gasteiger partial charge in [0.2, 0.25) is 0 Å². The van der Waals surface area contributed by atoms with Crippen molar-refractivity contribution in [3.05, 3.63) is 53.6 Å². The molecule has 2 aliphatic rings. The number of hydrogen-bond donors (Lipinski definition) is 1. The Bertz CT molecular complexity index is 694. The number of aromatic nitrogens is 2. The summed E-state index contributed by atoms with van der Waals surface area (Å²) in [5.41, 5.74) is 3.49. The molecule has 4 heterocycles. The van der Waals surface area contributed by atoms with Crippen molar-refractivity contribution in [1.82, 2.24) is 14.9 Å². The first-order valence-electron chi connectivity index (χ1n) is 7.83. The summed E-state index contributed by atoms with van der Waals surface area (Å²) in [6.07, 6.45) is 3.01. The van der Waals surface area contributed by atoms with E-state index >= 15 is 0 Å². The Kier molecular flexibility index (Phi) is 3.45. The van der Waals surface area contributed by atoms with Crippen LogP contribution in [-0.4, -0.2) is 31.8 Å². The number of nitrogens with one attached hydrogen (secondary N) is 1. The van der Waals surface area contributed by atoms with E-state index in [1.807, 2.05) is 30.1 Å². The van der Waals surface area contributed by atoms with Gasteiger partial charge in [0.15, 0.2) is 5.17 Å². The molecule has 1 N–H and O–H groups in total. The molecule has 2 aliphatic heterocycles. The molecule has 5 heteroatoms. The standard InChI is InChI=1S/C17H20N4S/c1-3-12-10-22-17-20-15(13-6-4-5-9-18-13)16(21(12)17)14-8-7-11(2)19-14/h4-9,12,15-16,19H,3,10H2,1-2H3/t12-,15-,16+/m1/s1. The zero-order valence-electron chi connectivity index (χ0n) is 12.9. The van der Waals surface area contributed by atoms with E-state index in [4.69, 9.17) is 4.99 Å². The number of amidine groups is 1. The molecule has 0 aromatic carbocycles. The minimum atomic E-state index is 0.0797. The molecule has 2 aromatic rings. The number of hydrogen-bond acceptors (Lipinski definition) is 4. The van der Waals surface area contributed by atoms with Gasteiger partial charge in [-0.2, -0.15) is 0 Å². The van der Waals surface area contributed by atoms with E-state index in [-0.39, 0.29) is 12.1 Å². The lowest BCUT2D eigenvalue weighted by Gasteiger charge is -2.30. The number of fused-ring (bicyclic) bond motifs is 1. The predicted molar refractivity (Wildman–Crippen MR) is 91.1 cm³/mol. The first-order chi connectivity index (χ1) is 10.8.